The van der Waals surface area contributed by atoms with E-state index in [-0.39, 0.29) is 0 Å². The summed E-state index contributed by atoms with van der Waals surface area (Å²) in [4.78, 5) is 24.3. The Hall–Kier alpha value is -1.38. The summed E-state index contributed by atoms with van der Waals surface area (Å²) < 4.78 is 5.40. The van der Waals surface area contributed by atoms with Gasteiger partial charge in [-0.05, 0) is 26.2 Å². The molecule has 3 fully saturated rings. The van der Waals surface area contributed by atoms with E-state index in [4.69, 9.17) is 9.73 Å². The Labute approximate surface area is 182 Å². The Kier molecular flexibility index (Phi) is 10.2. The van der Waals surface area contributed by atoms with Crippen LogP contribution in [0.4, 0.5) is 0 Å². The molecule has 0 spiro atoms. The molecule has 2 saturated heterocycles. The molecule has 1 saturated carbocycles. The summed E-state index contributed by atoms with van der Waals surface area (Å²) in [7, 11) is 0. The quantitative estimate of drug-likeness (QED) is 0.322. The van der Waals surface area contributed by atoms with Crippen molar-refractivity contribution in [3.05, 3.63) is 0 Å². The summed E-state index contributed by atoms with van der Waals surface area (Å²) in [5.74, 6) is 1.62. The fourth-order valence-corrected chi connectivity index (χ4v) is 4.61. The van der Waals surface area contributed by atoms with E-state index in [1.807, 2.05) is 0 Å². The Balaban J connectivity index is 1.29. The third-order valence-corrected chi connectivity index (χ3v) is 6.46. The molecule has 0 bridgehead atoms. The van der Waals surface area contributed by atoms with E-state index in [0.717, 1.165) is 110 Å². The summed E-state index contributed by atoms with van der Waals surface area (Å²) in [5, 5.41) is 6.81. The Morgan fingerprint density at radius 1 is 0.967 bits per heavy atom. The van der Waals surface area contributed by atoms with Gasteiger partial charge < -0.3 is 20.3 Å². The highest BCUT2D eigenvalue weighted by atomic mass is 16.5. The molecule has 0 aromatic carbocycles. The van der Waals surface area contributed by atoms with Crippen molar-refractivity contribution < 1.29 is 9.53 Å². The molecule has 8 nitrogen and oxygen atoms in total. The van der Waals surface area contributed by atoms with E-state index in [1.54, 1.807) is 0 Å². The van der Waals surface area contributed by atoms with Gasteiger partial charge in [0.25, 0.3) is 0 Å². The number of guanidine groups is 1. The molecule has 0 unspecified atom stereocenters. The monoisotopic (exact) mass is 422 g/mol. The summed E-state index contributed by atoms with van der Waals surface area (Å²) in [6.45, 7) is 14.3. The number of amides is 1. The first-order valence-electron chi connectivity index (χ1n) is 12.1. The minimum absolute atomic E-state index is 0.306. The largest absolute Gasteiger partial charge is 0.379 e. The molecule has 1 amide bonds. The highest BCUT2D eigenvalue weighted by molar-refractivity contribution is 5.80. The average Bonchev–Trinajstić information content (AvgIpc) is 3.32. The normalized spacial score (nSPS) is 22.4. The molecule has 1 aliphatic carbocycles. The van der Waals surface area contributed by atoms with Gasteiger partial charge in [0.1, 0.15) is 0 Å². The van der Waals surface area contributed by atoms with E-state index in [1.165, 1.54) is 12.8 Å². The average molecular weight is 423 g/mol. The summed E-state index contributed by atoms with van der Waals surface area (Å²) in [6, 6.07) is 0. The van der Waals surface area contributed by atoms with Gasteiger partial charge in [0.2, 0.25) is 5.91 Å². The first kappa shape index (κ1) is 23.3. The number of hydrogen-bond donors (Lipinski definition) is 2. The first-order valence-corrected chi connectivity index (χ1v) is 12.1. The molecule has 0 aromatic rings. The summed E-state index contributed by atoms with van der Waals surface area (Å²) >= 11 is 0. The Morgan fingerprint density at radius 3 is 2.37 bits per heavy atom. The molecular formula is C22H42N6O2. The van der Waals surface area contributed by atoms with E-state index < -0.39 is 0 Å². The van der Waals surface area contributed by atoms with E-state index in [9.17, 15) is 4.79 Å². The Bertz CT molecular complexity index is 524. The summed E-state index contributed by atoms with van der Waals surface area (Å²) in [5.41, 5.74) is 0. The molecule has 30 heavy (non-hydrogen) atoms. The lowest BCUT2D eigenvalue weighted by molar-refractivity contribution is -0.137. The molecule has 3 aliphatic rings. The maximum Gasteiger partial charge on any atom is 0.225 e. The van der Waals surface area contributed by atoms with Crippen molar-refractivity contribution in [1.82, 2.24) is 25.3 Å². The standard InChI is InChI=1S/C22H42N6O2/c1-2-23-22(24-8-5-10-26-16-18-30-19-17-26)25-9-11-27-12-14-28(15-13-27)21(29)20-6-3-4-7-20/h20H,2-19H2,1H3,(H2,23,24,25). The number of aliphatic imine (C=N–C) groups is 1. The van der Waals surface area contributed by atoms with Gasteiger partial charge in [-0.15, -0.1) is 0 Å². The number of nitrogens with one attached hydrogen (secondary N) is 2. The lowest BCUT2D eigenvalue weighted by Gasteiger charge is -2.36. The maximum absolute atomic E-state index is 12.6. The second-order valence-electron chi connectivity index (χ2n) is 8.64. The highest BCUT2D eigenvalue weighted by Gasteiger charge is 2.29. The van der Waals surface area contributed by atoms with Crippen LogP contribution in [0.1, 0.15) is 39.0 Å². The van der Waals surface area contributed by atoms with Gasteiger partial charge in [-0.2, -0.15) is 0 Å². The van der Waals surface area contributed by atoms with Gasteiger partial charge in [-0.25, -0.2) is 0 Å². The number of carbonyl (C=O) groups is 1. The van der Waals surface area contributed by atoms with Crippen LogP contribution in [0.15, 0.2) is 4.99 Å². The fourth-order valence-electron chi connectivity index (χ4n) is 4.61. The fraction of sp³-hybridized carbons (Fsp3) is 0.909. The molecule has 0 radical (unpaired) electrons. The SMILES string of the molecule is CCNC(=NCCCN1CCOCC1)NCCN1CCN(C(=O)C2CCCC2)CC1. The molecule has 8 heteroatoms. The second kappa shape index (κ2) is 13.1. The first-order chi connectivity index (χ1) is 14.8. The predicted octanol–water partition coefficient (Wildman–Crippen LogP) is 0.598. The number of nitrogens with zero attached hydrogens (tertiary/aromatic N) is 4. The number of hydrogen-bond acceptors (Lipinski definition) is 5. The number of rotatable bonds is 9. The van der Waals surface area contributed by atoms with Gasteiger partial charge >= 0.3 is 0 Å². The molecule has 2 N–H and O–H groups in total. The lowest BCUT2D eigenvalue weighted by atomic mass is 10.1. The summed E-state index contributed by atoms with van der Waals surface area (Å²) in [6.07, 6.45) is 5.73. The van der Waals surface area contributed by atoms with E-state index >= 15 is 0 Å². The van der Waals surface area contributed by atoms with Crippen LogP contribution in [0, 0.1) is 5.92 Å². The van der Waals surface area contributed by atoms with Crippen molar-refractivity contribution >= 4 is 11.9 Å². The molecule has 0 atom stereocenters. The molecular weight excluding hydrogens is 380 g/mol. The van der Waals surface area contributed by atoms with Crippen LogP contribution in [-0.4, -0.2) is 112 Å². The lowest BCUT2D eigenvalue weighted by Crippen LogP contribution is -2.51. The molecule has 2 aliphatic heterocycles. The van der Waals surface area contributed by atoms with E-state index in [0.29, 0.717) is 11.8 Å². The molecule has 3 rings (SSSR count). The zero-order valence-electron chi connectivity index (χ0n) is 18.9. The minimum Gasteiger partial charge on any atom is -0.379 e. The van der Waals surface area contributed by atoms with Crippen LogP contribution in [-0.2, 0) is 9.53 Å². The van der Waals surface area contributed by atoms with Gasteiger partial charge in [0, 0.05) is 77.9 Å². The van der Waals surface area contributed by atoms with Crippen molar-refractivity contribution in [3.8, 4) is 0 Å². The smallest absolute Gasteiger partial charge is 0.225 e. The molecule has 172 valence electrons. The maximum atomic E-state index is 12.6. The van der Waals surface area contributed by atoms with Crippen LogP contribution in [0.3, 0.4) is 0 Å². The zero-order chi connectivity index (χ0) is 21.0. The predicted molar refractivity (Wildman–Crippen MR) is 121 cm³/mol. The van der Waals surface area contributed by atoms with Crippen LogP contribution < -0.4 is 10.6 Å². The van der Waals surface area contributed by atoms with Gasteiger partial charge in [0.15, 0.2) is 5.96 Å². The number of ether oxygens (including phenoxy) is 1. The highest BCUT2D eigenvalue weighted by Crippen LogP contribution is 2.26. The number of morpholine rings is 1. The van der Waals surface area contributed by atoms with Crippen molar-refractivity contribution in [2.24, 2.45) is 10.9 Å². The molecule has 2 heterocycles. The van der Waals surface area contributed by atoms with Crippen LogP contribution >= 0.6 is 0 Å². The molecule has 0 aromatic heterocycles. The van der Waals surface area contributed by atoms with Gasteiger partial charge in [-0.3, -0.25) is 19.6 Å². The van der Waals surface area contributed by atoms with Crippen LogP contribution in [0.2, 0.25) is 0 Å². The van der Waals surface area contributed by atoms with Crippen LogP contribution in [0.5, 0.6) is 0 Å². The Morgan fingerprint density at radius 2 is 1.67 bits per heavy atom. The number of piperazine rings is 1. The second-order valence-corrected chi connectivity index (χ2v) is 8.64. The van der Waals surface area contributed by atoms with E-state index in [2.05, 4.69) is 32.3 Å². The van der Waals surface area contributed by atoms with Crippen molar-refractivity contribution in [1.29, 1.82) is 0 Å². The van der Waals surface area contributed by atoms with Gasteiger partial charge in [-0.1, -0.05) is 12.8 Å². The third kappa shape index (κ3) is 7.71. The van der Waals surface area contributed by atoms with Crippen LogP contribution in [0.25, 0.3) is 0 Å². The topological polar surface area (TPSA) is 72.4 Å². The minimum atomic E-state index is 0.306. The van der Waals surface area contributed by atoms with Crippen molar-refractivity contribution in [3.63, 3.8) is 0 Å². The van der Waals surface area contributed by atoms with Crippen molar-refractivity contribution in [2.45, 2.75) is 39.0 Å². The zero-order valence-corrected chi connectivity index (χ0v) is 18.9. The van der Waals surface area contributed by atoms with Gasteiger partial charge in [0.05, 0.1) is 13.2 Å². The van der Waals surface area contributed by atoms with Crippen molar-refractivity contribution in [2.75, 3.05) is 85.2 Å². The number of carbonyl (C=O) groups excluding carboxylic acids is 1. The third-order valence-electron chi connectivity index (χ3n) is 6.46.